The monoisotopic (exact) mass is 343 g/mol. The molecule has 2 aliphatic carbocycles. The van der Waals surface area contributed by atoms with Crippen molar-refractivity contribution in [1.82, 2.24) is 4.90 Å². The third-order valence-corrected chi connectivity index (χ3v) is 6.39. The maximum absolute atomic E-state index is 13.0. The molecule has 136 valence electrons. The van der Waals surface area contributed by atoms with Crippen molar-refractivity contribution >= 4 is 11.6 Å². The summed E-state index contributed by atoms with van der Waals surface area (Å²) in [6, 6.07) is 8.48. The van der Waals surface area contributed by atoms with E-state index in [9.17, 15) is 4.79 Å². The summed E-state index contributed by atoms with van der Waals surface area (Å²) < 4.78 is 5.47. The minimum atomic E-state index is 0.0271. The number of anilines is 1. The molecule has 3 fully saturated rings. The van der Waals surface area contributed by atoms with Crippen LogP contribution in [0, 0.1) is 17.8 Å². The van der Waals surface area contributed by atoms with Crippen molar-refractivity contribution in [2.24, 2.45) is 23.5 Å². The van der Waals surface area contributed by atoms with Gasteiger partial charge in [-0.2, -0.15) is 0 Å². The van der Waals surface area contributed by atoms with Crippen LogP contribution in [0.3, 0.4) is 0 Å². The van der Waals surface area contributed by atoms with Gasteiger partial charge in [-0.05, 0) is 42.7 Å². The molecule has 5 nitrogen and oxygen atoms in total. The average Bonchev–Trinajstić information content (AvgIpc) is 3.23. The van der Waals surface area contributed by atoms with Crippen molar-refractivity contribution in [2.45, 2.75) is 31.8 Å². The fourth-order valence-electron chi connectivity index (χ4n) is 5.05. The maximum atomic E-state index is 13.0. The van der Waals surface area contributed by atoms with E-state index < -0.39 is 0 Å². The highest BCUT2D eigenvalue weighted by Gasteiger charge is 2.49. The molecular formula is C20H29N3O2. The molecule has 1 aliphatic heterocycles. The highest BCUT2D eigenvalue weighted by molar-refractivity contribution is 5.80. The highest BCUT2D eigenvalue weighted by atomic mass is 16.5. The Hall–Kier alpha value is -1.59. The lowest BCUT2D eigenvalue weighted by atomic mass is 9.84. The van der Waals surface area contributed by atoms with Crippen LogP contribution in [0.15, 0.2) is 24.3 Å². The van der Waals surface area contributed by atoms with Gasteiger partial charge >= 0.3 is 0 Å². The maximum Gasteiger partial charge on any atom is 0.227 e. The summed E-state index contributed by atoms with van der Waals surface area (Å²) in [5, 5.41) is 0. The van der Waals surface area contributed by atoms with Crippen molar-refractivity contribution in [3.8, 4) is 0 Å². The predicted molar refractivity (Wildman–Crippen MR) is 98.2 cm³/mol. The van der Waals surface area contributed by atoms with E-state index in [0.717, 1.165) is 32.7 Å². The van der Waals surface area contributed by atoms with Crippen LogP contribution in [0.25, 0.3) is 0 Å². The van der Waals surface area contributed by atoms with Gasteiger partial charge in [0.2, 0.25) is 5.91 Å². The second-order valence-electron chi connectivity index (χ2n) is 7.86. The lowest BCUT2D eigenvalue weighted by Crippen LogP contribution is -2.45. The number of rotatable bonds is 4. The zero-order valence-electron chi connectivity index (χ0n) is 15.1. The normalized spacial score (nSPS) is 31.4. The van der Waals surface area contributed by atoms with Crippen LogP contribution in [0.5, 0.6) is 0 Å². The Morgan fingerprint density at radius 3 is 2.68 bits per heavy atom. The van der Waals surface area contributed by atoms with Gasteiger partial charge in [0.1, 0.15) is 0 Å². The molecule has 3 aliphatic rings. The second kappa shape index (κ2) is 6.96. The Morgan fingerprint density at radius 1 is 1.24 bits per heavy atom. The van der Waals surface area contributed by atoms with Gasteiger partial charge in [0.15, 0.2) is 0 Å². The minimum Gasteiger partial charge on any atom is -0.378 e. The van der Waals surface area contributed by atoms with Crippen LogP contribution in [0.1, 0.15) is 24.8 Å². The first-order valence-corrected chi connectivity index (χ1v) is 9.56. The Balaban J connectivity index is 1.47. The fraction of sp³-hybridized carbons (Fsp3) is 0.650. The van der Waals surface area contributed by atoms with E-state index in [2.05, 4.69) is 29.2 Å². The molecule has 25 heavy (non-hydrogen) atoms. The third kappa shape index (κ3) is 3.15. The van der Waals surface area contributed by atoms with E-state index in [1.54, 1.807) is 0 Å². The number of carbonyl (C=O) groups is 1. The Morgan fingerprint density at radius 2 is 1.96 bits per heavy atom. The molecule has 0 radical (unpaired) electrons. The van der Waals surface area contributed by atoms with Crippen molar-refractivity contribution < 1.29 is 9.53 Å². The Kier molecular flexibility index (Phi) is 4.69. The van der Waals surface area contributed by atoms with Gasteiger partial charge in [-0.3, -0.25) is 4.79 Å². The van der Waals surface area contributed by atoms with E-state index >= 15 is 0 Å². The second-order valence-corrected chi connectivity index (χ2v) is 7.86. The van der Waals surface area contributed by atoms with Crippen molar-refractivity contribution in [3.05, 3.63) is 29.8 Å². The smallest absolute Gasteiger partial charge is 0.227 e. The molecule has 1 aromatic rings. The average molecular weight is 343 g/mol. The van der Waals surface area contributed by atoms with Crippen molar-refractivity contribution in [2.75, 3.05) is 38.3 Å². The van der Waals surface area contributed by atoms with E-state index in [-0.39, 0.29) is 17.9 Å². The zero-order chi connectivity index (χ0) is 17.4. The first kappa shape index (κ1) is 16.9. The molecule has 1 amide bonds. The first-order valence-electron chi connectivity index (χ1n) is 9.56. The van der Waals surface area contributed by atoms with Crippen LogP contribution in [0.2, 0.25) is 0 Å². The van der Waals surface area contributed by atoms with Crippen LogP contribution in [-0.4, -0.2) is 50.2 Å². The number of hydrogen-bond acceptors (Lipinski definition) is 4. The number of fused-ring (bicyclic) bond motifs is 2. The molecule has 1 heterocycles. The molecule has 2 saturated carbocycles. The number of amides is 1. The van der Waals surface area contributed by atoms with Crippen LogP contribution in [0.4, 0.5) is 5.69 Å². The molecule has 5 heteroatoms. The number of morpholine rings is 1. The Labute approximate surface area is 150 Å². The molecule has 4 rings (SSSR count). The summed E-state index contributed by atoms with van der Waals surface area (Å²) in [4.78, 5) is 17.3. The molecule has 1 saturated heterocycles. The SMILES string of the molecule is CN(Cc1ccccc1N1CCOCC1)C(=O)C1C2CCC(C2)C1N. The fourth-order valence-corrected chi connectivity index (χ4v) is 5.05. The van der Waals surface area contributed by atoms with Crippen molar-refractivity contribution in [1.29, 1.82) is 0 Å². The number of para-hydroxylation sites is 1. The third-order valence-electron chi connectivity index (χ3n) is 6.39. The van der Waals surface area contributed by atoms with Gasteiger partial charge < -0.3 is 20.3 Å². The summed E-state index contributed by atoms with van der Waals surface area (Å²) in [6.07, 6.45) is 3.53. The zero-order valence-corrected chi connectivity index (χ0v) is 15.1. The lowest BCUT2D eigenvalue weighted by molar-refractivity contribution is -0.136. The molecule has 2 bridgehead atoms. The van der Waals surface area contributed by atoms with Gasteiger partial charge in [0.25, 0.3) is 0 Å². The summed E-state index contributed by atoms with van der Waals surface area (Å²) in [5.41, 5.74) is 8.80. The summed E-state index contributed by atoms with van der Waals surface area (Å²) in [5.74, 6) is 1.33. The minimum absolute atomic E-state index is 0.0271. The molecule has 0 aromatic heterocycles. The van der Waals surface area contributed by atoms with E-state index in [0.29, 0.717) is 18.4 Å². The number of benzene rings is 1. The molecule has 4 atom stereocenters. The standard InChI is InChI=1S/C20H29N3O2/c1-22(20(24)18-14-6-7-15(12-14)19(18)21)13-16-4-2-3-5-17(16)23-8-10-25-11-9-23/h2-5,14-15,18-19H,6-13,21H2,1H3. The Bertz CT molecular complexity index is 627. The van der Waals surface area contributed by atoms with Gasteiger partial charge in [-0.15, -0.1) is 0 Å². The molecule has 4 unspecified atom stereocenters. The first-order chi connectivity index (χ1) is 12.1. The number of nitrogens with zero attached hydrogens (tertiary/aromatic N) is 2. The number of carbonyl (C=O) groups excluding carboxylic acids is 1. The number of nitrogens with two attached hydrogens (primary N) is 1. The van der Waals surface area contributed by atoms with Crippen LogP contribution >= 0.6 is 0 Å². The van der Waals surface area contributed by atoms with E-state index in [4.69, 9.17) is 10.5 Å². The molecular weight excluding hydrogens is 314 g/mol. The van der Waals surface area contributed by atoms with Crippen LogP contribution in [-0.2, 0) is 16.1 Å². The van der Waals surface area contributed by atoms with Gasteiger partial charge in [-0.25, -0.2) is 0 Å². The van der Waals surface area contributed by atoms with Crippen LogP contribution < -0.4 is 10.6 Å². The summed E-state index contributed by atoms with van der Waals surface area (Å²) >= 11 is 0. The largest absolute Gasteiger partial charge is 0.378 e. The van der Waals surface area contributed by atoms with Gasteiger partial charge in [0, 0.05) is 38.4 Å². The van der Waals surface area contributed by atoms with E-state index in [1.807, 2.05) is 11.9 Å². The summed E-state index contributed by atoms with van der Waals surface area (Å²) in [7, 11) is 1.93. The highest BCUT2D eigenvalue weighted by Crippen LogP contribution is 2.48. The molecule has 1 aromatic carbocycles. The summed E-state index contributed by atoms with van der Waals surface area (Å²) in [6.45, 7) is 4.00. The lowest BCUT2D eigenvalue weighted by Gasteiger charge is -2.33. The predicted octanol–water partition coefficient (Wildman–Crippen LogP) is 1.85. The number of ether oxygens (including phenoxy) is 1. The van der Waals surface area contributed by atoms with E-state index in [1.165, 1.54) is 24.1 Å². The van der Waals surface area contributed by atoms with Gasteiger partial charge in [0.05, 0.1) is 19.1 Å². The quantitative estimate of drug-likeness (QED) is 0.906. The van der Waals surface area contributed by atoms with Crippen molar-refractivity contribution in [3.63, 3.8) is 0 Å². The topological polar surface area (TPSA) is 58.8 Å². The molecule has 0 spiro atoms. The van der Waals surface area contributed by atoms with Gasteiger partial charge in [-0.1, -0.05) is 18.2 Å². The molecule has 2 N–H and O–H groups in total. The number of hydrogen-bond donors (Lipinski definition) is 1.